The van der Waals surface area contributed by atoms with E-state index in [2.05, 4.69) is 29.5 Å². The van der Waals surface area contributed by atoms with E-state index in [1.54, 1.807) is 12.4 Å². The maximum Gasteiger partial charge on any atom is 0.249 e. The smallest absolute Gasteiger partial charge is 0.249 e. The minimum absolute atomic E-state index is 0.0873. The largest absolute Gasteiger partial charge is 0.359 e. The third-order valence-corrected chi connectivity index (χ3v) is 4.19. The molecule has 0 saturated heterocycles. The summed E-state index contributed by atoms with van der Waals surface area (Å²) >= 11 is 1.33. The van der Waals surface area contributed by atoms with Crippen molar-refractivity contribution in [1.82, 2.24) is 14.9 Å². The Kier molecular flexibility index (Phi) is 5.92. The van der Waals surface area contributed by atoms with Gasteiger partial charge in [0.25, 0.3) is 0 Å². The fraction of sp³-hybridized carbons (Fsp3) is 0.438. The van der Waals surface area contributed by atoms with Crippen LogP contribution in [0.2, 0.25) is 0 Å². The number of carbonyl (C=O) groups is 2. The molecule has 7 heteroatoms. The number of thiazole rings is 1. The van der Waals surface area contributed by atoms with Crippen molar-refractivity contribution in [1.29, 1.82) is 0 Å². The fourth-order valence-electron chi connectivity index (χ4n) is 2.25. The standard InChI is InChI=1S/C16H22N4O2S/c1-11(2)8-13(20-6-4-5-7-20)15(22)19-16-18-12(10-23-16)9-14(21)17-3/h4-7,10-11,13H,8-9H2,1-3H3,(H,17,21)(H,18,19,22)/t13-/m0/s1. The zero-order valence-corrected chi connectivity index (χ0v) is 14.4. The minimum Gasteiger partial charge on any atom is -0.359 e. The number of anilines is 1. The molecule has 0 aliphatic rings. The monoisotopic (exact) mass is 334 g/mol. The van der Waals surface area contributed by atoms with E-state index < -0.39 is 0 Å². The van der Waals surface area contributed by atoms with Crippen LogP contribution in [0.1, 0.15) is 32.0 Å². The second-order valence-corrected chi connectivity index (χ2v) is 6.62. The first kappa shape index (κ1) is 17.2. The van der Waals surface area contributed by atoms with Crippen molar-refractivity contribution < 1.29 is 9.59 Å². The van der Waals surface area contributed by atoms with Gasteiger partial charge < -0.3 is 15.2 Å². The Hall–Kier alpha value is -2.15. The maximum atomic E-state index is 12.6. The molecule has 1 atom stereocenters. The number of nitrogens with one attached hydrogen (secondary N) is 2. The highest BCUT2D eigenvalue weighted by Crippen LogP contribution is 2.22. The van der Waals surface area contributed by atoms with Gasteiger partial charge in [0.15, 0.2) is 5.13 Å². The van der Waals surface area contributed by atoms with E-state index in [0.717, 1.165) is 6.42 Å². The SMILES string of the molecule is CNC(=O)Cc1csc(NC(=O)[C@H](CC(C)C)n2cccc2)n1. The minimum atomic E-state index is -0.267. The van der Waals surface area contributed by atoms with Crippen molar-refractivity contribution in [3.05, 3.63) is 35.6 Å². The Bertz CT molecular complexity index is 649. The van der Waals surface area contributed by atoms with E-state index in [9.17, 15) is 9.59 Å². The lowest BCUT2D eigenvalue weighted by Gasteiger charge is -2.19. The molecule has 0 unspecified atom stereocenters. The number of rotatable bonds is 7. The molecular formula is C16H22N4O2S. The summed E-state index contributed by atoms with van der Waals surface area (Å²) in [7, 11) is 1.59. The molecule has 0 saturated carbocycles. The highest BCUT2D eigenvalue weighted by atomic mass is 32.1. The normalized spacial score (nSPS) is 12.2. The van der Waals surface area contributed by atoms with Crippen LogP contribution in [0.4, 0.5) is 5.13 Å². The molecule has 6 nitrogen and oxygen atoms in total. The maximum absolute atomic E-state index is 12.6. The molecule has 0 aliphatic carbocycles. The summed E-state index contributed by atoms with van der Waals surface area (Å²) in [6.45, 7) is 4.18. The van der Waals surface area contributed by atoms with Crippen LogP contribution in [-0.2, 0) is 16.0 Å². The second-order valence-electron chi connectivity index (χ2n) is 5.76. The van der Waals surface area contributed by atoms with Crippen LogP contribution in [0.15, 0.2) is 29.9 Å². The number of hydrogen-bond donors (Lipinski definition) is 2. The Balaban J connectivity index is 2.05. The van der Waals surface area contributed by atoms with Crippen LogP contribution in [0.5, 0.6) is 0 Å². The van der Waals surface area contributed by atoms with Crippen molar-refractivity contribution in [2.24, 2.45) is 5.92 Å². The molecule has 0 fully saturated rings. The molecule has 2 heterocycles. The van der Waals surface area contributed by atoms with Crippen LogP contribution < -0.4 is 10.6 Å². The van der Waals surface area contributed by atoms with Crippen molar-refractivity contribution in [2.75, 3.05) is 12.4 Å². The fourth-order valence-corrected chi connectivity index (χ4v) is 2.97. The topological polar surface area (TPSA) is 76.0 Å². The molecule has 0 bridgehead atoms. The first-order chi connectivity index (χ1) is 11.0. The van der Waals surface area contributed by atoms with Gasteiger partial charge in [-0.3, -0.25) is 9.59 Å². The molecule has 124 valence electrons. The van der Waals surface area contributed by atoms with Gasteiger partial charge in [0.2, 0.25) is 11.8 Å². The van der Waals surface area contributed by atoms with Crippen molar-refractivity contribution in [3.8, 4) is 0 Å². The quantitative estimate of drug-likeness (QED) is 0.816. The zero-order chi connectivity index (χ0) is 16.8. The lowest BCUT2D eigenvalue weighted by molar-refractivity contribution is -0.120. The van der Waals surface area contributed by atoms with Crippen molar-refractivity contribution in [2.45, 2.75) is 32.7 Å². The first-order valence-corrected chi connectivity index (χ1v) is 8.46. The summed E-state index contributed by atoms with van der Waals surface area (Å²) in [4.78, 5) is 28.2. The van der Waals surface area contributed by atoms with Gasteiger partial charge >= 0.3 is 0 Å². The predicted molar refractivity (Wildman–Crippen MR) is 91.4 cm³/mol. The van der Waals surface area contributed by atoms with Gasteiger partial charge in [-0.15, -0.1) is 11.3 Å². The summed E-state index contributed by atoms with van der Waals surface area (Å²) in [5.74, 6) is 0.210. The van der Waals surface area contributed by atoms with Crippen LogP contribution in [0, 0.1) is 5.92 Å². The highest BCUT2D eigenvalue weighted by Gasteiger charge is 2.22. The number of hydrogen-bond acceptors (Lipinski definition) is 4. The number of aromatic nitrogens is 2. The second kappa shape index (κ2) is 7.92. The molecule has 2 N–H and O–H groups in total. The third-order valence-electron chi connectivity index (χ3n) is 3.39. The summed E-state index contributed by atoms with van der Waals surface area (Å²) < 4.78 is 1.91. The number of nitrogens with zero attached hydrogens (tertiary/aromatic N) is 2. The summed E-state index contributed by atoms with van der Waals surface area (Å²) in [5.41, 5.74) is 0.658. The van der Waals surface area contributed by atoms with Gasteiger partial charge in [-0.1, -0.05) is 13.8 Å². The lowest BCUT2D eigenvalue weighted by atomic mass is 10.0. The molecular weight excluding hydrogens is 312 g/mol. The molecule has 0 radical (unpaired) electrons. The molecule has 2 aromatic heterocycles. The molecule has 0 spiro atoms. The van der Waals surface area contributed by atoms with Crippen molar-refractivity contribution >= 4 is 28.3 Å². The Morgan fingerprint density at radius 1 is 1.30 bits per heavy atom. The predicted octanol–water partition coefficient (Wildman–Crippen LogP) is 2.46. The van der Waals surface area contributed by atoms with E-state index in [1.807, 2.05) is 29.1 Å². The van der Waals surface area contributed by atoms with E-state index in [-0.39, 0.29) is 24.3 Å². The molecule has 23 heavy (non-hydrogen) atoms. The number of likely N-dealkylation sites (N-methyl/N-ethyl adjacent to an activating group) is 1. The molecule has 0 aromatic carbocycles. The van der Waals surface area contributed by atoms with Crippen LogP contribution >= 0.6 is 11.3 Å². The van der Waals surface area contributed by atoms with Crippen LogP contribution in [-0.4, -0.2) is 28.4 Å². The molecule has 2 aromatic rings. The van der Waals surface area contributed by atoms with E-state index in [1.165, 1.54) is 11.3 Å². The van der Waals surface area contributed by atoms with Crippen LogP contribution in [0.25, 0.3) is 0 Å². The Morgan fingerprint density at radius 3 is 2.61 bits per heavy atom. The van der Waals surface area contributed by atoms with Gasteiger partial charge in [-0.05, 0) is 24.5 Å². The number of amides is 2. The Morgan fingerprint density at radius 2 is 2.00 bits per heavy atom. The van der Waals surface area contributed by atoms with Gasteiger partial charge in [0, 0.05) is 24.8 Å². The number of carbonyl (C=O) groups excluding carboxylic acids is 2. The zero-order valence-electron chi connectivity index (χ0n) is 13.6. The van der Waals surface area contributed by atoms with Gasteiger partial charge in [0.05, 0.1) is 12.1 Å². The third kappa shape index (κ3) is 4.92. The average Bonchev–Trinajstić information content (AvgIpc) is 3.16. The average molecular weight is 334 g/mol. The van der Waals surface area contributed by atoms with Gasteiger partial charge in [0.1, 0.15) is 6.04 Å². The summed E-state index contributed by atoms with van der Waals surface area (Å²) in [6.07, 6.45) is 4.75. The first-order valence-electron chi connectivity index (χ1n) is 7.58. The van der Waals surface area contributed by atoms with E-state index in [4.69, 9.17) is 0 Å². The Labute approximate surface area is 139 Å². The summed E-state index contributed by atoms with van der Waals surface area (Å²) in [6, 6.07) is 3.55. The highest BCUT2D eigenvalue weighted by molar-refractivity contribution is 7.13. The lowest BCUT2D eigenvalue weighted by Crippen LogP contribution is -2.26. The van der Waals surface area contributed by atoms with E-state index in [0.29, 0.717) is 16.7 Å². The van der Waals surface area contributed by atoms with E-state index >= 15 is 0 Å². The van der Waals surface area contributed by atoms with Gasteiger partial charge in [-0.25, -0.2) is 4.98 Å². The molecule has 2 rings (SSSR count). The van der Waals surface area contributed by atoms with Gasteiger partial charge in [-0.2, -0.15) is 0 Å². The molecule has 0 aliphatic heterocycles. The summed E-state index contributed by atoms with van der Waals surface area (Å²) in [5, 5.41) is 7.73. The molecule has 2 amide bonds. The van der Waals surface area contributed by atoms with Crippen LogP contribution in [0.3, 0.4) is 0 Å². The van der Waals surface area contributed by atoms with Crippen molar-refractivity contribution in [3.63, 3.8) is 0 Å².